The van der Waals surface area contributed by atoms with Crippen LogP contribution >= 0.6 is 0 Å². The second-order valence-electron chi connectivity index (χ2n) is 7.48. The number of carbonyl (C=O) groups excluding carboxylic acids is 1. The lowest BCUT2D eigenvalue weighted by Gasteiger charge is -2.33. The average Bonchev–Trinajstić information content (AvgIpc) is 3.06. The maximum Gasteiger partial charge on any atom is 0.259 e. The number of pyridine rings is 1. The molecular weight excluding hydrogens is 302 g/mol. The molecule has 1 amide bonds. The zero-order valence-corrected chi connectivity index (χ0v) is 15.2. The van der Waals surface area contributed by atoms with Gasteiger partial charge in [-0.15, -0.1) is 0 Å². The molecule has 0 N–H and O–H groups in total. The van der Waals surface area contributed by atoms with Crippen LogP contribution in [0.15, 0.2) is 10.9 Å². The number of aryl methyl sites for hydroxylation is 1. The summed E-state index contributed by atoms with van der Waals surface area (Å²) in [5.41, 5.74) is 2.18. The zero-order valence-electron chi connectivity index (χ0n) is 15.2. The highest BCUT2D eigenvalue weighted by Gasteiger charge is 2.28. The van der Waals surface area contributed by atoms with E-state index in [-0.39, 0.29) is 11.3 Å². The second-order valence-corrected chi connectivity index (χ2v) is 7.48. The number of piperazine rings is 1. The van der Waals surface area contributed by atoms with E-state index >= 15 is 0 Å². The highest BCUT2D eigenvalue weighted by Crippen LogP contribution is 2.29. The largest absolute Gasteiger partial charge is 0.351 e. The summed E-state index contributed by atoms with van der Waals surface area (Å²) in [7, 11) is 4.05. The van der Waals surface area contributed by atoms with Gasteiger partial charge in [0.05, 0.1) is 0 Å². The summed E-state index contributed by atoms with van der Waals surface area (Å²) in [6.07, 6.45) is 5.81. The van der Waals surface area contributed by atoms with Crippen molar-refractivity contribution in [3.8, 4) is 0 Å². The quantitative estimate of drug-likeness (QED) is 0.849. The van der Waals surface area contributed by atoms with Gasteiger partial charge in [0.25, 0.3) is 5.91 Å². The molecule has 1 aliphatic carbocycles. The van der Waals surface area contributed by atoms with Crippen molar-refractivity contribution in [1.82, 2.24) is 14.4 Å². The molecule has 1 saturated carbocycles. The summed E-state index contributed by atoms with van der Waals surface area (Å²) in [6.45, 7) is 5.10. The molecule has 2 aliphatic rings. The van der Waals surface area contributed by atoms with Gasteiger partial charge in [-0.25, -0.2) is 0 Å². The fourth-order valence-corrected chi connectivity index (χ4v) is 4.00. The van der Waals surface area contributed by atoms with Gasteiger partial charge in [0.15, 0.2) is 5.43 Å². The first-order valence-corrected chi connectivity index (χ1v) is 9.14. The third kappa shape index (κ3) is 3.41. The third-order valence-electron chi connectivity index (χ3n) is 5.77. The summed E-state index contributed by atoms with van der Waals surface area (Å²) in [4.78, 5) is 29.8. The van der Waals surface area contributed by atoms with E-state index < -0.39 is 0 Å². The first-order chi connectivity index (χ1) is 11.5. The van der Waals surface area contributed by atoms with E-state index in [0.29, 0.717) is 24.6 Å². The van der Waals surface area contributed by atoms with Gasteiger partial charge in [0.2, 0.25) is 0 Å². The Hall–Kier alpha value is -1.62. The standard InChI is InChI=1S/C19H29N3O2/c1-14-12-17(23)18(19(24)22-10-8-20(2)9-11-22)16(21(14)3)13-15-6-4-5-7-15/h12,15H,4-11,13H2,1-3H3. The topological polar surface area (TPSA) is 45.6 Å². The minimum Gasteiger partial charge on any atom is -0.351 e. The fourth-order valence-electron chi connectivity index (χ4n) is 4.00. The van der Waals surface area contributed by atoms with Crippen LogP contribution in [0.5, 0.6) is 0 Å². The highest BCUT2D eigenvalue weighted by atomic mass is 16.2. The van der Waals surface area contributed by atoms with Crippen molar-refractivity contribution >= 4 is 5.91 Å². The molecule has 0 unspecified atom stereocenters. The minimum absolute atomic E-state index is 0.0725. The molecule has 5 nitrogen and oxygen atoms in total. The molecule has 3 rings (SSSR count). The van der Waals surface area contributed by atoms with Gasteiger partial charge < -0.3 is 14.4 Å². The first-order valence-electron chi connectivity index (χ1n) is 9.14. The molecular formula is C19H29N3O2. The molecule has 1 saturated heterocycles. The predicted octanol–water partition coefficient (Wildman–Crippen LogP) is 1.81. The van der Waals surface area contributed by atoms with Crippen LogP contribution in [0.3, 0.4) is 0 Å². The summed E-state index contributed by atoms with van der Waals surface area (Å²) < 4.78 is 2.06. The van der Waals surface area contributed by atoms with Crippen LogP contribution in [0, 0.1) is 12.8 Å². The van der Waals surface area contributed by atoms with Crippen molar-refractivity contribution < 1.29 is 4.79 Å². The molecule has 132 valence electrons. The number of amides is 1. The van der Waals surface area contributed by atoms with Gasteiger partial charge in [0, 0.05) is 50.7 Å². The summed E-state index contributed by atoms with van der Waals surface area (Å²) >= 11 is 0. The van der Waals surface area contributed by atoms with Crippen LogP contribution in [0.4, 0.5) is 0 Å². The van der Waals surface area contributed by atoms with Crippen LogP contribution < -0.4 is 5.43 Å². The molecule has 1 aromatic heterocycles. The van der Waals surface area contributed by atoms with Crippen molar-refractivity contribution in [3.05, 3.63) is 33.2 Å². The van der Waals surface area contributed by atoms with Gasteiger partial charge in [-0.05, 0) is 26.3 Å². The predicted molar refractivity (Wildman–Crippen MR) is 95.5 cm³/mol. The van der Waals surface area contributed by atoms with E-state index in [1.165, 1.54) is 25.7 Å². The Morgan fingerprint density at radius 2 is 1.75 bits per heavy atom. The Balaban J connectivity index is 1.94. The SMILES string of the molecule is Cc1cc(=O)c(C(=O)N2CCN(C)CC2)c(CC2CCCC2)n1C. The molecule has 24 heavy (non-hydrogen) atoms. The molecule has 0 spiro atoms. The number of likely N-dealkylation sites (N-methyl/N-ethyl adjacent to an activating group) is 1. The van der Waals surface area contributed by atoms with Crippen molar-refractivity contribution in [2.75, 3.05) is 33.2 Å². The van der Waals surface area contributed by atoms with Gasteiger partial charge in [-0.3, -0.25) is 9.59 Å². The number of hydrogen-bond donors (Lipinski definition) is 0. The van der Waals surface area contributed by atoms with Crippen LogP contribution in [0.2, 0.25) is 0 Å². The smallest absolute Gasteiger partial charge is 0.259 e. The third-order valence-corrected chi connectivity index (χ3v) is 5.77. The lowest BCUT2D eigenvalue weighted by molar-refractivity contribution is 0.0660. The van der Waals surface area contributed by atoms with E-state index in [0.717, 1.165) is 30.9 Å². The Morgan fingerprint density at radius 1 is 1.12 bits per heavy atom. The molecule has 0 atom stereocenters. The number of hydrogen-bond acceptors (Lipinski definition) is 3. The average molecular weight is 331 g/mol. The van der Waals surface area contributed by atoms with E-state index in [1.807, 2.05) is 18.9 Å². The first kappa shape index (κ1) is 17.2. The monoisotopic (exact) mass is 331 g/mol. The maximum atomic E-state index is 13.1. The fraction of sp³-hybridized carbons (Fsp3) is 0.684. The maximum absolute atomic E-state index is 13.1. The van der Waals surface area contributed by atoms with E-state index in [4.69, 9.17) is 0 Å². The second kappa shape index (κ2) is 7.09. The Kier molecular flexibility index (Phi) is 5.09. The van der Waals surface area contributed by atoms with Crippen molar-refractivity contribution in [2.24, 2.45) is 13.0 Å². The van der Waals surface area contributed by atoms with E-state index in [1.54, 1.807) is 6.07 Å². The van der Waals surface area contributed by atoms with Gasteiger partial charge in [-0.2, -0.15) is 0 Å². The normalized spacial score (nSPS) is 19.9. The molecule has 0 aromatic carbocycles. The van der Waals surface area contributed by atoms with Crippen LogP contribution in [-0.4, -0.2) is 53.5 Å². The van der Waals surface area contributed by atoms with E-state index in [9.17, 15) is 9.59 Å². The number of aromatic nitrogens is 1. The summed E-state index contributed by atoms with van der Waals surface area (Å²) in [5.74, 6) is 0.535. The molecule has 5 heteroatoms. The highest BCUT2D eigenvalue weighted by molar-refractivity contribution is 5.95. The lowest BCUT2D eigenvalue weighted by atomic mass is 9.96. The molecule has 2 heterocycles. The molecule has 1 aromatic rings. The number of carbonyl (C=O) groups is 1. The van der Waals surface area contributed by atoms with Crippen molar-refractivity contribution in [2.45, 2.75) is 39.0 Å². The number of rotatable bonds is 3. The zero-order chi connectivity index (χ0) is 17.3. The van der Waals surface area contributed by atoms with Crippen molar-refractivity contribution in [3.63, 3.8) is 0 Å². The van der Waals surface area contributed by atoms with Crippen LogP contribution in [-0.2, 0) is 13.5 Å². The van der Waals surface area contributed by atoms with Gasteiger partial charge in [0.1, 0.15) is 5.56 Å². The Morgan fingerprint density at radius 3 is 2.38 bits per heavy atom. The van der Waals surface area contributed by atoms with Gasteiger partial charge in [-0.1, -0.05) is 25.7 Å². The summed E-state index contributed by atoms with van der Waals surface area (Å²) in [6, 6.07) is 1.61. The molecule has 0 radical (unpaired) electrons. The van der Waals surface area contributed by atoms with Crippen molar-refractivity contribution in [1.29, 1.82) is 0 Å². The van der Waals surface area contributed by atoms with E-state index in [2.05, 4.69) is 16.5 Å². The molecule has 2 fully saturated rings. The summed E-state index contributed by atoms with van der Waals surface area (Å²) in [5, 5.41) is 0. The van der Waals surface area contributed by atoms with Crippen LogP contribution in [0.25, 0.3) is 0 Å². The van der Waals surface area contributed by atoms with Gasteiger partial charge >= 0.3 is 0 Å². The van der Waals surface area contributed by atoms with Crippen LogP contribution in [0.1, 0.15) is 47.4 Å². The Labute approximate surface area is 144 Å². The number of nitrogens with zero attached hydrogens (tertiary/aromatic N) is 3. The molecule has 0 bridgehead atoms. The molecule has 1 aliphatic heterocycles. The minimum atomic E-state index is -0.109. The lowest BCUT2D eigenvalue weighted by Crippen LogP contribution is -2.48. The Bertz CT molecular complexity index is 666.